The van der Waals surface area contributed by atoms with E-state index in [1.54, 1.807) is 0 Å². The molecule has 4 nitrogen and oxygen atoms in total. The number of hydrogen-bond acceptors (Lipinski definition) is 3. The Kier molecular flexibility index (Phi) is 5.22. The maximum Gasteiger partial charge on any atom is 0.225 e. The van der Waals surface area contributed by atoms with E-state index >= 15 is 0 Å². The molecule has 0 aromatic heterocycles. The van der Waals surface area contributed by atoms with Crippen LogP contribution in [-0.4, -0.2) is 54.5 Å². The van der Waals surface area contributed by atoms with E-state index in [9.17, 15) is 4.79 Å². The van der Waals surface area contributed by atoms with Gasteiger partial charge in [0.15, 0.2) is 0 Å². The SMILES string of the molecule is CC(C)N1CCC(C(=O)N2CCCC(CN)C2)CC1. The molecule has 0 aliphatic carbocycles. The minimum atomic E-state index is 0.256. The second-order valence-corrected chi connectivity index (χ2v) is 6.43. The lowest BCUT2D eigenvalue weighted by Gasteiger charge is -2.38. The zero-order valence-electron chi connectivity index (χ0n) is 12.5. The monoisotopic (exact) mass is 267 g/mol. The fourth-order valence-corrected chi connectivity index (χ4v) is 3.38. The Morgan fingerprint density at radius 2 is 1.89 bits per heavy atom. The first-order chi connectivity index (χ1) is 9.11. The summed E-state index contributed by atoms with van der Waals surface area (Å²) in [7, 11) is 0. The second-order valence-electron chi connectivity index (χ2n) is 6.43. The summed E-state index contributed by atoms with van der Waals surface area (Å²) >= 11 is 0. The molecule has 2 aliphatic heterocycles. The van der Waals surface area contributed by atoms with Gasteiger partial charge in [-0.25, -0.2) is 0 Å². The van der Waals surface area contributed by atoms with Gasteiger partial charge in [-0.3, -0.25) is 4.79 Å². The van der Waals surface area contributed by atoms with E-state index in [-0.39, 0.29) is 5.92 Å². The topological polar surface area (TPSA) is 49.6 Å². The van der Waals surface area contributed by atoms with Gasteiger partial charge in [-0.2, -0.15) is 0 Å². The lowest BCUT2D eigenvalue weighted by atomic mass is 9.92. The molecule has 110 valence electrons. The maximum absolute atomic E-state index is 12.6. The van der Waals surface area contributed by atoms with Crippen molar-refractivity contribution in [2.45, 2.75) is 45.6 Å². The van der Waals surface area contributed by atoms with E-state index in [1.165, 1.54) is 6.42 Å². The average Bonchev–Trinajstić information content (AvgIpc) is 2.46. The van der Waals surface area contributed by atoms with Crippen molar-refractivity contribution in [3.63, 3.8) is 0 Å². The van der Waals surface area contributed by atoms with Crippen LogP contribution in [0.15, 0.2) is 0 Å². The number of amides is 1. The summed E-state index contributed by atoms with van der Waals surface area (Å²) in [6, 6.07) is 0.604. The van der Waals surface area contributed by atoms with Crippen molar-refractivity contribution in [1.82, 2.24) is 9.80 Å². The molecule has 0 aromatic rings. The van der Waals surface area contributed by atoms with Crippen LogP contribution >= 0.6 is 0 Å². The van der Waals surface area contributed by atoms with Crippen molar-refractivity contribution in [1.29, 1.82) is 0 Å². The first kappa shape index (κ1) is 14.8. The van der Waals surface area contributed by atoms with Gasteiger partial charge in [0.1, 0.15) is 0 Å². The van der Waals surface area contributed by atoms with Crippen LogP contribution in [0.5, 0.6) is 0 Å². The molecule has 1 unspecified atom stereocenters. The van der Waals surface area contributed by atoms with Gasteiger partial charge < -0.3 is 15.5 Å². The number of carbonyl (C=O) groups is 1. The standard InChI is InChI=1S/C15H29N3O/c1-12(2)17-8-5-14(6-9-17)15(19)18-7-3-4-13(10-16)11-18/h12-14H,3-11,16H2,1-2H3. The van der Waals surface area contributed by atoms with Gasteiger partial charge in [-0.05, 0) is 65.1 Å². The van der Waals surface area contributed by atoms with Crippen LogP contribution in [0.2, 0.25) is 0 Å². The fraction of sp³-hybridized carbons (Fsp3) is 0.933. The highest BCUT2D eigenvalue weighted by Crippen LogP contribution is 2.24. The number of hydrogen-bond donors (Lipinski definition) is 1. The Morgan fingerprint density at radius 1 is 1.21 bits per heavy atom. The molecule has 2 heterocycles. The van der Waals surface area contributed by atoms with E-state index in [1.807, 2.05) is 0 Å². The summed E-state index contributed by atoms with van der Waals surface area (Å²) in [5, 5.41) is 0. The van der Waals surface area contributed by atoms with E-state index in [2.05, 4.69) is 23.6 Å². The van der Waals surface area contributed by atoms with Crippen LogP contribution in [-0.2, 0) is 4.79 Å². The van der Waals surface area contributed by atoms with E-state index < -0.39 is 0 Å². The lowest BCUT2D eigenvalue weighted by Crippen LogP contribution is -2.48. The number of piperidine rings is 2. The average molecular weight is 267 g/mol. The Morgan fingerprint density at radius 3 is 2.47 bits per heavy atom. The molecule has 4 heteroatoms. The first-order valence-corrected chi connectivity index (χ1v) is 7.84. The molecule has 0 bridgehead atoms. The Labute approximate surface area is 117 Å². The molecular weight excluding hydrogens is 238 g/mol. The Bertz CT molecular complexity index is 298. The van der Waals surface area contributed by atoms with Crippen molar-refractivity contribution in [3.8, 4) is 0 Å². The van der Waals surface area contributed by atoms with Gasteiger partial charge in [0.25, 0.3) is 0 Å². The third-order valence-corrected chi connectivity index (χ3v) is 4.77. The molecule has 2 aliphatic rings. The highest BCUT2D eigenvalue weighted by Gasteiger charge is 2.31. The highest BCUT2D eigenvalue weighted by molar-refractivity contribution is 5.79. The molecular formula is C15H29N3O. The zero-order valence-corrected chi connectivity index (χ0v) is 12.5. The Balaban J connectivity index is 1.83. The molecule has 0 aromatic carbocycles. The van der Waals surface area contributed by atoms with Gasteiger partial charge in [0.2, 0.25) is 5.91 Å². The van der Waals surface area contributed by atoms with Crippen LogP contribution in [0.25, 0.3) is 0 Å². The quantitative estimate of drug-likeness (QED) is 0.838. The largest absolute Gasteiger partial charge is 0.342 e. The van der Waals surface area contributed by atoms with Gasteiger partial charge in [0, 0.05) is 25.0 Å². The Hall–Kier alpha value is -0.610. The maximum atomic E-state index is 12.6. The minimum Gasteiger partial charge on any atom is -0.342 e. The summed E-state index contributed by atoms with van der Waals surface area (Å²) in [6.45, 7) is 9.16. The molecule has 0 saturated carbocycles. The van der Waals surface area contributed by atoms with Crippen molar-refractivity contribution in [3.05, 3.63) is 0 Å². The molecule has 2 saturated heterocycles. The van der Waals surface area contributed by atoms with Gasteiger partial charge in [-0.15, -0.1) is 0 Å². The molecule has 0 radical (unpaired) electrons. The van der Waals surface area contributed by atoms with Crippen LogP contribution < -0.4 is 5.73 Å². The number of likely N-dealkylation sites (tertiary alicyclic amines) is 2. The number of carbonyl (C=O) groups excluding carboxylic acids is 1. The molecule has 2 fully saturated rings. The van der Waals surface area contributed by atoms with Gasteiger partial charge in [-0.1, -0.05) is 0 Å². The van der Waals surface area contributed by atoms with Gasteiger partial charge >= 0.3 is 0 Å². The highest BCUT2D eigenvalue weighted by atomic mass is 16.2. The molecule has 1 amide bonds. The van der Waals surface area contributed by atoms with Crippen LogP contribution in [0.4, 0.5) is 0 Å². The van der Waals surface area contributed by atoms with Crippen LogP contribution in [0, 0.1) is 11.8 Å². The summed E-state index contributed by atoms with van der Waals surface area (Å²) in [4.78, 5) is 17.1. The number of rotatable bonds is 3. The molecule has 2 rings (SSSR count). The number of nitrogens with zero attached hydrogens (tertiary/aromatic N) is 2. The fourth-order valence-electron chi connectivity index (χ4n) is 3.38. The van der Waals surface area contributed by atoms with Crippen LogP contribution in [0.3, 0.4) is 0 Å². The second kappa shape index (κ2) is 6.71. The van der Waals surface area contributed by atoms with Gasteiger partial charge in [0.05, 0.1) is 0 Å². The van der Waals surface area contributed by atoms with Crippen molar-refractivity contribution in [2.75, 3.05) is 32.7 Å². The smallest absolute Gasteiger partial charge is 0.225 e. The summed E-state index contributed by atoms with van der Waals surface area (Å²) in [6.07, 6.45) is 4.37. The first-order valence-electron chi connectivity index (χ1n) is 7.84. The number of nitrogens with two attached hydrogens (primary N) is 1. The molecule has 19 heavy (non-hydrogen) atoms. The van der Waals surface area contributed by atoms with E-state index in [0.29, 0.717) is 17.9 Å². The van der Waals surface area contributed by atoms with E-state index in [4.69, 9.17) is 5.73 Å². The van der Waals surface area contributed by atoms with Crippen LogP contribution in [0.1, 0.15) is 39.5 Å². The summed E-state index contributed by atoms with van der Waals surface area (Å²) < 4.78 is 0. The van der Waals surface area contributed by atoms with Crippen molar-refractivity contribution < 1.29 is 4.79 Å². The summed E-state index contributed by atoms with van der Waals surface area (Å²) in [5.41, 5.74) is 5.75. The van der Waals surface area contributed by atoms with Crippen molar-refractivity contribution >= 4 is 5.91 Å². The predicted octanol–water partition coefficient (Wildman–Crippen LogP) is 1.30. The molecule has 0 spiro atoms. The minimum absolute atomic E-state index is 0.256. The normalized spacial score (nSPS) is 26.9. The molecule has 2 N–H and O–H groups in total. The van der Waals surface area contributed by atoms with E-state index in [0.717, 1.165) is 52.0 Å². The zero-order chi connectivity index (χ0) is 13.8. The third-order valence-electron chi connectivity index (χ3n) is 4.77. The lowest BCUT2D eigenvalue weighted by molar-refractivity contribution is -0.139. The molecule has 1 atom stereocenters. The summed E-state index contributed by atoms with van der Waals surface area (Å²) in [5.74, 6) is 1.17. The van der Waals surface area contributed by atoms with Crippen molar-refractivity contribution in [2.24, 2.45) is 17.6 Å². The predicted molar refractivity (Wildman–Crippen MR) is 77.8 cm³/mol. The third kappa shape index (κ3) is 3.69.